The SMILES string of the molecule is C[C@@]1(N=[N+]=[N-])[C@@H]2OP(C)(=O)OC[C@H]2O[C@H]1n1ccc(=O)[nH]c1=O. The van der Waals surface area contributed by atoms with E-state index in [1.165, 1.54) is 19.8 Å². The molecule has 124 valence electrons. The summed E-state index contributed by atoms with van der Waals surface area (Å²) in [5.74, 6) is 0. The first-order chi connectivity index (χ1) is 10.8. The number of aromatic amines is 1. The minimum Gasteiger partial charge on any atom is -0.349 e. The molecule has 0 bridgehead atoms. The second kappa shape index (κ2) is 5.33. The van der Waals surface area contributed by atoms with Crippen LogP contribution in [0, 0.1) is 0 Å². The standard InChI is InChI=1S/C11H14N5O6P/c1-11(14-15-12)8-6(5-20-23(2,19)22-8)21-9(11)16-4-3-7(17)13-10(16)18/h3-4,6,8-9H,5H2,1-2H3,(H,13,17,18)/t6-,8-,9-,11-,23?/m1/s1. The molecule has 11 nitrogen and oxygen atoms in total. The Morgan fingerprint density at radius 2 is 2.30 bits per heavy atom. The van der Waals surface area contributed by atoms with Gasteiger partial charge in [-0.15, -0.1) is 0 Å². The molecule has 2 saturated heterocycles. The van der Waals surface area contributed by atoms with Crippen LogP contribution in [0.4, 0.5) is 0 Å². The quantitative estimate of drug-likeness (QED) is 0.362. The molecule has 0 amide bonds. The minimum absolute atomic E-state index is 0.0242. The second-order valence-electron chi connectivity index (χ2n) is 5.55. The maximum absolute atomic E-state index is 12.1. The number of fused-ring (bicyclic) bond motifs is 1. The molecule has 1 N–H and O–H groups in total. The zero-order valence-electron chi connectivity index (χ0n) is 12.3. The molecule has 3 rings (SSSR count). The van der Waals surface area contributed by atoms with E-state index >= 15 is 0 Å². The summed E-state index contributed by atoms with van der Waals surface area (Å²) >= 11 is 0. The van der Waals surface area contributed by atoms with E-state index in [1.807, 2.05) is 0 Å². The van der Waals surface area contributed by atoms with Crippen LogP contribution >= 0.6 is 7.60 Å². The highest BCUT2D eigenvalue weighted by Gasteiger charge is 2.59. The van der Waals surface area contributed by atoms with Crippen LogP contribution in [0.2, 0.25) is 0 Å². The van der Waals surface area contributed by atoms with E-state index < -0.39 is 42.8 Å². The topological polar surface area (TPSA) is 148 Å². The third-order valence-corrected chi connectivity index (χ3v) is 5.09. The molecule has 23 heavy (non-hydrogen) atoms. The van der Waals surface area contributed by atoms with Crippen molar-refractivity contribution in [3.05, 3.63) is 43.5 Å². The number of azide groups is 1. The summed E-state index contributed by atoms with van der Waals surface area (Å²) in [5.41, 5.74) is 6.26. The predicted molar refractivity (Wildman–Crippen MR) is 77.1 cm³/mol. The fourth-order valence-corrected chi connectivity index (χ4v) is 4.04. The van der Waals surface area contributed by atoms with E-state index in [0.717, 1.165) is 10.6 Å². The van der Waals surface area contributed by atoms with Crippen molar-refractivity contribution in [2.75, 3.05) is 13.3 Å². The van der Waals surface area contributed by atoms with E-state index in [-0.39, 0.29) is 6.61 Å². The number of nitrogens with one attached hydrogen (secondary N) is 1. The highest BCUT2D eigenvalue weighted by atomic mass is 31.2. The molecule has 0 radical (unpaired) electrons. The molecule has 1 aromatic heterocycles. The molecular weight excluding hydrogens is 329 g/mol. The summed E-state index contributed by atoms with van der Waals surface area (Å²) in [4.78, 5) is 28.1. The summed E-state index contributed by atoms with van der Waals surface area (Å²) in [5, 5.41) is 3.73. The van der Waals surface area contributed by atoms with E-state index in [2.05, 4.69) is 15.0 Å². The third-order valence-electron chi connectivity index (χ3n) is 3.86. The van der Waals surface area contributed by atoms with Gasteiger partial charge in [-0.25, -0.2) is 4.79 Å². The lowest BCUT2D eigenvalue weighted by Crippen LogP contribution is -2.47. The minimum atomic E-state index is -3.31. The number of H-pyrrole nitrogens is 1. The van der Waals surface area contributed by atoms with Gasteiger partial charge < -0.3 is 13.8 Å². The maximum Gasteiger partial charge on any atom is 0.330 e. The molecule has 0 spiro atoms. The molecule has 2 fully saturated rings. The zero-order chi connectivity index (χ0) is 16.8. The van der Waals surface area contributed by atoms with Gasteiger partial charge in [0, 0.05) is 23.8 Å². The van der Waals surface area contributed by atoms with Crippen LogP contribution in [-0.4, -0.2) is 40.6 Å². The first-order valence-corrected chi connectivity index (χ1v) is 8.69. The maximum atomic E-state index is 12.1. The van der Waals surface area contributed by atoms with Crippen LogP contribution in [0.3, 0.4) is 0 Å². The van der Waals surface area contributed by atoms with E-state index in [0.29, 0.717) is 0 Å². The zero-order valence-corrected chi connectivity index (χ0v) is 13.2. The van der Waals surface area contributed by atoms with Crippen molar-refractivity contribution in [3.8, 4) is 0 Å². The summed E-state index contributed by atoms with van der Waals surface area (Å²) in [6.07, 6.45) is -1.33. The Kier molecular flexibility index (Phi) is 3.70. The van der Waals surface area contributed by atoms with Gasteiger partial charge in [-0.2, -0.15) is 0 Å². The lowest BCUT2D eigenvalue weighted by molar-refractivity contribution is -0.0588. The second-order valence-corrected chi connectivity index (χ2v) is 7.56. The monoisotopic (exact) mass is 343 g/mol. The summed E-state index contributed by atoms with van der Waals surface area (Å²) in [7, 11) is -3.31. The molecule has 5 atom stereocenters. The van der Waals surface area contributed by atoms with Crippen LogP contribution in [0.15, 0.2) is 27.0 Å². The molecule has 12 heteroatoms. The fraction of sp³-hybridized carbons (Fsp3) is 0.636. The average Bonchev–Trinajstić information content (AvgIpc) is 2.72. The number of hydrogen-bond acceptors (Lipinski definition) is 7. The van der Waals surface area contributed by atoms with Crippen molar-refractivity contribution in [3.63, 3.8) is 0 Å². The molecule has 0 saturated carbocycles. The molecule has 3 heterocycles. The Bertz CT molecular complexity index is 844. The van der Waals surface area contributed by atoms with Crippen LogP contribution in [0.5, 0.6) is 0 Å². The first-order valence-electron chi connectivity index (χ1n) is 6.70. The highest BCUT2D eigenvalue weighted by molar-refractivity contribution is 7.53. The van der Waals surface area contributed by atoms with Crippen LogP contribution in [0.1, 0.15) is 13.2 Å². The van der Waals surface area contributed by atoms with E-state index in [4.69, 9.17) is 19.3 Å². The molecule has 1 unspecified atom stereocenters. The van der Waals surface area contributed by atoms with Crippen molar-refractivity contribution >= 4 is 7.60 Å². The van der Waals surface area contributed by atoms with Crippen LogP contribution in [-0.2, 0) is 18.3 Å². The Morgan fingerprint density at radius 1 is 1.57 bits per heavy atom. The van der Waals surface area contributed by atoms with Crippen molar-refractivity contribution in [1.82, 2.24) is 9.55 Å². The summed E-state index contributed by atoms with van der Waals surface area (Å²) in [6, 6.07) is 1.14. The summed E-state index contributed by atoms with van der Waals surface area (Å²) in [6.45, 7) is 2.81. The Balaban J connectivity index is 2.10. The molecular formula is C11H14N5O6P. The van der Waals surface area contributed by atoms with Crippen molar-refractivity contribution < 1.29 is 18.3 Å². The smallest absolute Gasteiger partial charge is 0.330 e. The van der Waals surface area contributed by atoms with Crippen molar-refractivity contribution in [2.24, 2.45) is 5.11 Å². The Morgan fingerprint density at radius 3 is 2.96 bits per heavy atom. The summed E-state index contributed by atoms with van der Waals surface area (Å²) < 4.78 is 29.5. The van der Waals surface area contributed by atoms with Gasteiger partial charge in [-0.05, 0) is 12.5 Å². The van der Waals surface area contributed by atoms with Gasteiger partial charge in [0.05, 0.1) is 6.61 Å². The third kappa shape index (κ3) is 2.62. The van der Waals surface area contributed by atoms with Crippen molar-refractivity contribution in [1.29, 1.82) is 0 Å². The van der Waals surface area contributed by atoms with Crippen LogP contribution in [0.25, 0.3) is 10.4 Å². The lowest BCUT2D eigenvalue weighted by atomic mass is 9.93. The van der Waals surface area contributed by atoms with Gasteiger partial charge in [0.1, 0.15) is 17.7 Å². The largest absolute Gasteiger partial charge is 0.349 e. The van der Waals surface area contributed by atoms with Gasteiger partial charge in [0.25, 0.3) is 5.56 Å². The first kappa shape index (κ1) is 16.0. The predicted octanol–water partition coefficient (Wildman–Crippen LogP) is 0.741. The molecule has 0 aromatic carbocycles. The highest BCUT2D eigenvalue weighted by Crippen LogP contribution is 2.56. The van der Waals surface area contributed by atoms with Gasteiger partial charge in [0.2, 0.25) is 0 Å². The normalized spacial score (nSPS) is 39.5. The van der Waals surface area contributed by atoms with Gasteiger partial charge >= 0.3 is 13.3 Å². The molecule has 0 aliphatic carbocycles. The number of rotatable bonds is 2. The molecule has 2 aliphatic heterocycles. The van der Waals surface area contributed by atoms with Gasteiger partial charge in [0.15, 0.2) is 6.23 Å². The fourth-order valence-electron chi connectivity index (χ4n) is 2.80. The van der Waals surface area contributed by atoms with Crippen LogP contribution < -0.4 is 11.2 Å². The van der Waals surface area contributed by atoms with Crippen molar-refractivity contribution in [2.45, 2.75) is 30.9 Å². The van der Waals surface area contributed by atoms with Gasteiger partial charge in [-0.1, -0.05) is 5.11 Å². The number of ether oxygens (including phenoxy) is 1. The van der Waals surface area contributed by atoms with E-state index in [1.54, 1.807) is 0 Å². The number of aromatic nitrogens is 2. The van der Waals surface area contributed by atoms with Gasteiger partial charge in [-0.3, -0.25) is 18.9 Å². The Labute approximate surface area is 129 Å². The Hall–Kier alpha value is -1.90. The molecule has 2 aliphatic rings. The average molecular weight is 343 g/mol. The lowest BCUT2D eigenvalue weighted by Gasteiger charge is -2.35. The number of hydrogen-bond donors (Lipinski definition) is 1. The molecule has 1 aromatic rings. The number of nitrogens with zero attached hydrogens (tertiary/aromatic N) is 4. The van der Waals surface area contributed by atoms with E-state index in [9.17, 15) is 14.2 Å².